The van der Waals surface area contributed by atoms with E-state index in [1.807, 2.05) is 27.7 Å². The molecule has 1 amide bonds. The number of benzene rings is 1. The third kappa shape index (κ3) is 4.32. The average molecular weight is 437 g/mol. The molecule has 3 aromatic heterocycles. The maximum atomic E-state index is 15.1. The molecule has 0 radical (unpaired) electrons. The van der Waals surface area contributed by atoms with Crippen molar-refractivity contribution in [2.24, 2.45) is 0 Å². The summed E-state index contributed by atoms with van der Waals surface area (Å²) in [6.07, 6.45) is 4.59. The maximum Gasteiger partial charge on any atom is 0.331 e. The number of aryl methyl sites for hydroxylation is 1. The lowest BCUT2D eigenvalue weighted by atomic mass is 9.93. The Morgan fingerprint density at radius 3 is 2.75 bits per heavy atom. The minimum absolute atomic E-state index is 0.0168. The Morgan fingerprint density at radius 1 is 1.22 bits per heavy atom. The van der Waals surface area contributed by atoms with Crippen LogP contribution in [0, 0.1) is 5.82 Å². The van der Waals surface area contributed by atoms with Crippen LogP contribution >= 0.6 is 0 Å². The van der Waals surface area contributed by atoms with Crippen molar-refractivity contribution in [3.8, 4) is 11.6 Å². The minimum Gasteiger partial charge on any atom is -0.436 e. The first-order chi connectivity index (χ1) is 15.3. The summed E-state index contributed by atoms with van der Waals surface area (Å²) in [6.45, 7) is 7.98. The number of carbonyl (C=O) groups excluding carboxylic acids is 1. The van der Waals surface area contributed by atoms with Gasteiger partial charge in [0.15, 0.2) is 17.4 Å². The Balaban J connectivity index is 1.56. The van der Waals surface area contributed by atoms with Crippen molar-refractivity contribution >= 4 is 22.8 Å². The second-order valence-corrected chi connectivity index (χ2v) is 8.45. The van der Waals surface area contributed by atoms with E-state index in [0.29, 0.717) is 11.3 Å². The molecule has 0 aliphatic rings. The summed E-state index contributed by atoms with van der Waals surface area (Å²) < 4.78 is 27.3. The molecule has 8 nitrogen and oxygen atoms in total. The van der Waals surface area contributed by atoms with Crippen LogP contribution in [0.1, 0.15) is 45.6 Å². The molecule has 1 N–H and O–H groups in total. The molecule has 3 heterocycles. The fraction of sp³-hybridized carbons (Fsp3) is 0.304. The van der Waals surface area contributed by atoms with Crippen LogP contribution in [-0.2, 0) is 11.8 Å². The number of nitrogens with zero attached hydrogens (tertiary/aromatic N) is 4. The molecule has 4 rings (SSSR count). The summed E-state index contributed by atoms with van der Waals surface area (Å²) in [6, 6.07) is 7.48. The molecule has 0 aliphatic heterocycles. The van der Waals surface area contributed by atoms with E-state index in [2.05, 4.69) is 20.4 Å². The Kier molecular flexibility index (Phi) is 5.65. The standard InChI is InChI=1S/C23H24FN5O3/c1-5-6-14-11-20(26-13-25-14)31-17-8-7-16-15(21(17)24)9-10-29(16)22(30)27-19-12-18(32-28-19)23(2,3)4/h7-13H,5-6H2,1-4H3,(H,27,28,30). The van der Waals surface area contributed by atoms with Gasteiger partial charge < -0.3 is 9.26 Å². The summed E-state index contributed by atoms with van der Waals surface area (Å²) in [5, 5.41) is 6.80. The topological polar surface area (TPSA) is 95.1 Å². The lowest BCUT2D eigenvalue weighted by Gasteiger charge is -2.12. The van der Waals surface area contributed by atoms with Crippen molar-refractivity contribution in [1.29, 1.82) is 0 Å². The molecule has 4 aromatic rings. The highest BCUT2D eigenvalue weighted by Crippen LogP contribution is 2.30. The first-order valence-corrected chi connectivity index (χ1v) is 10.3. The second-order valence-electron chi connectivity index (χ2n) is 8.45. The molecule has 0 atom stereocenters. The van der Waals surface area contributed by atoms with Crippen LogP contribution in [0.25, 0.3) is 10.9 Å². The molecule has 0 fully saturated rings. The van der Waals surface area contributed by atoms with Crippen molar-refractivity contribution in [1.82, 2.24) is 19.7 Å². The summed E-state index contributed by atoms with van der Waals surface area (Å²) >= 11 is 0. The van der Waals surface area contributed by atoms with E-state index in [-0.39, 0.29) is 28.2 Å². The van der Waals surface area contributed by atoms with Gasteiger partial charge in [0.25, 0.3) is 0 Å². The fourth-order valence-electron chi connectivity index (χ4n) is 3.21. The molecule has 32 heavy (non-hydrogen) atoms. The molecule has 0 saturated heterocycles. The third-order valence-electron chi connectivity index (χ3n) is 4.89. The van der Waals surface area contributed by atoms with Gasteiger partial charge in [-0.05, 0) is 24.6 Å². The van der Waals surface area contributed by atoms with Crippen molar-refractivity contribution in [3.63, 3.8) is 0 Å². The zero-order valence-corrected chi connectivity index (χ0v) is 18.3. The van der Waals surface area contributed by atoms with Crippen molar-refractivity contribution in [2.45, 2.75) is 46.0 Å². The van der Waals surface area contributed by atoms with Crippen LogP contribution in [0.3, 0.4) is 0 Å². The molecule has 0 saturated carbocycles. The van der Waals surface area contributed by atoms with E-state index in [1.54, 1.807) is 18.2 Å². The fourth-order valence-corrected chi connectivity index (χ4v) is 3.21. The van der Waals surface area contributed by atoms with Crippen molar-refractivity contribution < 1.29 is 18.4 Å². The molecular formula is C23H24FN5O3. The number of aromatic nitrogens is 4. The first-order valence-electron chi connectivity index (χ1n) is 10.3. The minimum atomic E-state index is -0.582. The molecule has 0 bridgehead atoms. The van der Waals surface area contributed by atoms with E-state index in [9.17, 15) is 4.79 Å². The molecule has 0 aliphatic carbocycles. The van der Waals surface area contributed by atoms with E-state index in [1.165, 1.54) is 29.2 Å². The van der Waals surface area contributed by atoms with Crippen LogP contribution in [0.4, 0.5) is 15.0 Å². The van der Waals surface area contributed by atoms with E-state index >= 15 is 4.39 Å². The first kappa shape index (κ1) is 21.5. The molecule has 9 heteroatoms. The normalized spacial score (nSPS) is 11.7. The highest BCUT2D eigenvalue weighted by molar-refractivity contribution is 5.98. The molecule has 166 valence electrons. The molecule has 0 unspecified atom stereocenters. The number of carbonyl (C=O) groups is 1. The summed E-state index contributed by atoms with van der Waals surface area (Å²) in [4.78, 5) is 21.0. The van der Waals surface area contributed by atoms with Gasteiger partial charge in [-0.25, -0.2) is 19.2 Å². The SMILES string of the molecule is CCCc1cc(Oc2ccc3c(ccn3C(=O)Nc3cc(C(C)(C)C)on3)c2F)ncn1. The lowest BCUT2D eigenvalue weighted by molar-refractivity contribution is 0.254. The lowest BCUT2D eigenvalue weighted by Crippen LogP contribution is -2.18. The van der Waals surface area contributed by atoms with Crippen LogP contribution in [0.15, 0.2) is 47.4 Å². The van der Waals surface area contributed by atoms with Gasteiger partial charge in [-0.1, -0.05) is 39.3 Å². The van der Waals surface area contributed by atoms with E-state index < -0.39 is 11.8 Å². The van der Waals surface area contributed by atoms with Crippen LogP contribution < -0.4 is 10.1 Å². The second kappa shape index (κ2) is 8.41. The quantitative estimate of drug-likeness (QED) is 0.432. The summed E-state index contributed by atoms with van der Waals surface area (Å²) in [5.74, 6) is 0.627. The van der Waals surface area contributed by atoms with Crippen LogP contribution in [0.2, 0.25) is 0 Å². The number of halogens is 1. The molecule has 1 aromatic carbocycles. The van der Waals surface area contributed by atoms with Gasteiger partial charge in [-0.15, -0.1) is 0 Å². The largest absolute Gasteiger partial charge is 0.436 e. The van der Waals surface area contributed by atoms with Gasteiger partial charge in [0.1, 0.15) is 12.1 Å². The maximum absolute atomic E-state index is 15.1. The van der Waals surface area contributed by atoms with Gasteiger partial charge in [0.2, 0.25) is 5.88 Å². The van der Waals surface area contributed by atoms with Gasteiger partial charge in [-0.2, -0.15) is 0 Å². The van der Waals surface area contributed by atoms with Gasteiger partial charge >= 0.3 is 6.03 Å². The Bertz CT molecular complexity index is 1270. The number of fused-ring (bicyclic) bond motifs is 1. The van der Waals surface area contributed by atoms with Crippen molar-refractivity contribution in [3.05, 3.63) is 60.1 Å². The number of anilines is 1. The van der Waals surface area contributed by atoms with E-state index in [4.69, 9.17) is 9.26 Å². The van der Waals surface area contributed by atoms with E-state index in [0.717, 1.165) is 18.5 Å². The number of hydrogen-bond donors (Lipinski definition) is 1. The zero-order chi connectivity index (χ0) is 22.9. The number of amides is 1. The van der Waals surface area contributed by atoms with Crippen LogP contribution in [0.5, 0.6) is 11.6 Å². The van der Waals surface area contributed by atoms with Crippen molar-refractivity contribution in [2.75, 3.05) is 5.32 Å². The zero-order valence-electron chi connectivity index (χ0n) is 18.3. The predicted molar refractivity (Wildman–Crippen MR) is 118 cm³/mol. The summed E-state index contributed by atoms with van der Waals surface area (Å²) in [5.41, 5.74) is 0.974. The monoisotopic (exact) mass is 437 g/mol. The molecular weight excluding hydrogens is 413 g/mol. The average Bonchev–Trinajstić information content (AvgIpc) is 3.38. The molecule has 0 spiro atoms. The number of rotatable bonds is 5. The summed E-state index contributed by atoms with van der Waals surface area (Å²) in [7, 11) is 0. The number of hydrogen-bond acceptors (Lipinski definition) is 6. The Hall–Kier alpha value is -3.75. The third-order valence-corrected chi connectivity index (χ3v) is 4.89. The van der Waals surface area contributed by atoms with Gasteiger partial charge in [0, 0.05) is 34.8 Å². The highest BCUT2D eigenvalue weighted by Gasteiger charge is 2.21. The smallest absolute Gasteiger partial charge is 0.331 e. The Morgan fingerprint density at radius 2 is 2.03 bits per heavy atom. The highest BCUT2D eigenvalue weighted by atomic mass is 19.1. The number of ether oxygens (including phenoxy) is 1. The van der Waals surface area contributed by atoms with Gasteiger partial charge in [-0.3, -0.25) is 9.88 Å². The van der Waals surface area contributed by atoms with Gasteiger partial charge in [0.05, 0.1) is 5.52 Å². The predicted octanol–water partition coefficient (Wildman–Crippen LogP) is 5.68. The Labute approximate surface area is 184 Å². The van der Waals surface area contributed by atoms with Crippen LogP contribution in [-0.4, -0.2) is 25.7 Å². The number of nitrogens with one attached hydrogen (secondary N) is 1.